The highest BCUT2D eigenvalue weighted by Gasteiger charge is 2.41. The minimum absolute atomic E-state index is 0.157. The number of rotatable bonds is 3. The summed E-state index contributed by atoms with van der Waals surface area (Å²) in [4.78, 5) is 17.8. The molecule has 0 radical (unpaired) electrons. The molecule has 5 rings (SSSR count). The summed E-state index contributed by atoms with van der Waals surface area (Å²) in [6.45, 7) is 0.913. The Hall–Kier alpha value is -2.80. The lowest BCUT2D eigenvalue weighted by molar-refractivity contribution is -0.165. The summed E-state index contributed by atoms with van der Waals surface area (Å²) in [5.41, 5.74) is 8.82. The lowest BCUT2D eigenvalue weighted by Crippen LogP contribution is -2.48. The van der Waals surface area contributed by atoms with Crippen LogP contribution in [0.1, 0.15) is 32.1 Å². The lowest BCUT2D eigenvalue weighted by atomic mass is 9.77. The molecule has 0 bridgehead atoms. The largest absolute Gasteiger partial charge is 0.383 e. The minimum atomic E-state index is 0.157. The van der Waals surface area contributed by atoms with E-state index in [2.05, 4.69) is 15.3 Å². The first kappa shape index (κ1) is 16.4. The number of nitrogen functional groups attached to an aromatic ring is 1. The fourth-order valence-electron chi connectivity index (χ4n) is 4.14. The van der Waals surface area contributed by atoms with Crippen molar-refractivity contribution in [2.24, 2.45) is 0 Å². The summed E-state index contributed by atoms with van der Waals surface area (Å²) < 4.78 is 5.82. The van der Waals surface area contributed by atoms with E-state index in [0.717, 1.165) is 54.5 Å². The monoisotopic (exact) mass is 362 g/mol. The van der Waals surface area contributed by atoms with Crippen molar-refractivity contribution in [3.63, 3.8) is 0 Å². The zero-order chi connectivity index (χ0) is 18.3. The number of hydrogen-bond acceptors (Lipinski definition) is 7. The standard InChI is InChI=1S/C20H22N6O/c21-18-16-15(5-11-23-18)25-19(26-17(16)13-3-9-22-10-4-13)24-14-1-6-20(7-2-14)8-12-27-20/h3-5,9-11,14H,1-2,6-8,12H2,(H2,21,23)(H,24,25,26). The van der Waals surface area contributed by atoms with Crippen molar-refractivity contribution >= 4 is 22.7 Å². The number of nitrogens with one attached hydrogen (secondary N) is 1. The van der Waals surface area contributed by atoms with E-state index in [-0.39, 0.29) is 5.60 Å². The van der Waals surface area contributed by atoms with Gasteiger partial charge in [0, 0.05) is 30.2 Å². The second kappa shape index (κ2) is 6.42. The van der Waals surface area contributed by atoms with Crippen LogP contribution in [0, 0.1) is 0 Å². The van der Waals surface area contributed by atoms with Crippen LogP contribution >= 0.6 is 0 Å². The zero-order valence-corrected chi connectivity index (χ0v) is 15.1. The number of fused-ring (bicyclic) bond motifs is 1. The molecule has 7 nitrogen and oxygen atoms in total. The van der Waals surface area contributed by atoms with Crippen molar-refractivity contribution in [3.05, 3.63) is 36.8 Å². The molecule has 3 N–H and O–H groups in total. The van der Waals surface area contributed by atoms with Gasteiger partial charge in [-0.25, -0.2) is 15.0 Å². The molecular formula is C20H22N6O. The van der Waals surface area contributed by atoms with Crippen LogP contribution in [0.2, 0.25) is 0 Å². The molecule has 1 aliphatic heterocycles. The van der Waals surface area contributed by atoms with Crippen LogP contribution in [0.25, 0.3) is 22.2 Å². The third kappa shape index (κ3) is 2.98. The Morgan fingerprint density at radius 1 is 1.04 bits per heavy atom. The third-order valence-electron chi connectivity index (χ3n) is 5.79. The summed E-state index contributed by atoms with van der Waals surface area (Å²) >= 11 is 0. The molecule has 1 saturated heterocycles. The highest BCUT2D eigenvalue weighted by molar-refractivity contribution is 5.99. The summed E-state index contributed by atoms with van der Waals surface area (Å²) in [7, 11) is 0. The normalized spacial score (nSPS) is 24.7. The van der Waals surface area contributed by atoms with Gasteiger partial charge in [-0.2, -0.15) is 0 Å². The highest BCUT2D eigenvalue weighted by Crippen LogP contribution is 2.41. The van der Waals surface area contributed by atoms with Crippen LogP contribution < -0.4 is 11.1 Å². The van der Waals surface area contributed by atoms with Crippen LogP contribution in [0.5, 0.6) is 0 Å². The molecule has 3 aromatic rings. The van der Waals surface area contributed by atoms with Gasteiger partial charge >= 0.3 is 0 Å². The topological polar surface area (TPSA) is 98.8 Å². The lowest BCUT2D eigenvalue weighted by Gasteiger charge is -2.46. The Morgan fingerprint density at radius 3 is 2.52 bits per heavy atom. The molecule has 2 aliphatic rings. The van der Waals surface area contributed by atoms with Crippen molar-refractivity contribution in [1.82, 2.24) is 19.9 Å². The van der Waals surface area contributed by atoms with Gasteiger partial charge in [-0.15, -0.1) is 0 Å². The molecule has 4 heterocycles. The smallest absolute Gasteiger partial charge is 0.224 e. The number of aromatic nitrogens is 4. The third-order valence-corrected chi connectivity index (χ3v) is 5.79. The molecule has 1 saturated carbocycles. The Kier molecular flexibility index (Phi) is 3.89. The number of hydrogen-bond donors (Lipinski definition) is 2. The molecule has 2 fully saturated rings. The maximum absolute atomic E-state index is 6.14. The van der Waals surface area contributed by atoms with Gasteiger partial charge in [0.15, 0.2) is 0 Å². The first-order valence-electron chi connectivity index (χ1n) is 9.46. The fraction of sp³-hybridized carbons (Fsp3) is 0.400. The van der Waals surface area contributed by atoms with Crippen LogP contribution in [-0.2, 0) is 4.74 Å². The van der Waals surface area contributed by atoms with E-state index in [1.807, 2.05) is 18.2 Å². The molecule has 1 aliphatic carbocycles. The average molecular weight is 362 g/mol. The molecular weight excluding hydrogens is 340 g/mol. The van der Waals surface area contributed by atoms with Gasteiger partial charge < -0.3 is 15.8 Å². The van der Waals surface area contributed by atoms with Crippen molar-refractivity contribution in [2.45, 2.75) is 43.7 Å². The van der Waals surface area contributed by atoms with Crippen LogP contribution in [0.4, 0.5) is 11.8 Å². The summed E-state index contributed by atoms with van der Waals surface area (Å²) in [6.07, 6.45) is 10.7. The quantitative estimate of drug-likeness (QED) is 0.738. The Morgan fingerprint density at radius 2 is 1.81 bits per heavy atom. The molecule has 0 aromatic carbocycles. The second-order valence-electron chi connectivity index (χ2n) is 7.42. The number of ether oxygens (including phenoxy) is 1. The predicted octanol–water partition coefficient (Wildman–Crippen LogP) is 3.18. The van der Waals surface area contributed by atoms with Gasteiger partial charge in [0.05, 0.1) is 28.8 Å². The Balaban J connectivity index is 1.48. The molecule has 3 aromatic heterocycles. The maximum Gasteiger partial charge on any atom is 0.224 e. The minimum Gasteiger partial charge on any atom is -0.383 e. The van der Waals surface area contributed by atoms with Gasteiger partial charge in [-0.1, -0.05) is 0 Å². The van der Waals surface area contributed by atoms with Gasteiger partial charge in [0.1, 0.15) is 5.82 Å². The molecule has 138 valence electrons. The molecule has 27 heavy (non-hydrogen) atoms. The SMILES string of the molecule is Nc1nccc2nc(NC3CCC4(CCO4)CC3)nc(-c3ccncc3)c12. The van der Waals surface area contributed by atoms with Crippen LogP contribution in [0.3, 0.4) is 0 Å². The molecule has 0 unspecified atom stereocenters. The second-order valence-corrected chi connectivity index (χ2v) is 7.42. The van der Waals surface area contributed by atoms with Gasteiger partial charge in [0.2, 0.25) is 5.95 Å². The number of anilines is 2. The number of nitrogens with two attached hydrogens (primary N) is 1. The first-order valence-corrected chi connectivity index (χ1v) is 9.46. The summed E-state index contributed by atoms with van der Waals surface area (Å²) in [5, 5.41) is 4.31. The number of nitrogens with zero attached hydrogens (tertiary/aromatic N) is 4. The van der Waals surface area contributed by atoms with E-state index >= 15 is 0 Å². The van der Waals surface area contributed by atoms with Crippen molar-refractivity contribution < 1.29 is 4.74 Å². The van der Waals surface area contributed by atoms with Gasteiger partial charge in [0.25, 0.3) is 0 Å². The van der Waals surface area contributed by atoms with Crippen molar-refractivity contribution in [3.8, 4) is 11.3 Å². The van der Waals surface area contributed by atoms with E-state index in [1.54, 1.807) is 18.6 Å². The molecule has 7 heteroatoms. The molecule has 1 spiro atoms. The van der Waals surface area contributed by atoms with Crippen molar-refractivity contribution in [2.75, 3.05) is 17.7 Å². The maximum atomic E-state index is 6.14. The Bertz CT molecular complexity index is 963. The fourth-order valence-corrected chi connectivity index (χ4v) is 4.14. The summed E-state index contributed by atoms with van der Waals surface area (Å²) in [5.74, 6) is 1.07. The van der Waals surface area contributed by atoms with E-state index in [0.29, 0.717) is 17.8 Å². The average Bonchev–Trinajstić information content (AvgIpc) is 2.68. The molecule has 0 amide bonds. The van der Waals surface area contributed by atoms with E-state index < -0.39 is 0 Å². The summed E-state index contributed by atoms with van der Waals surface area (Å²) in [6, 6.07) is 6.09. The number of pyridine rings is 2. The predicted molar refractivity (Wildman–Crippen MR) is 104 cm³/mol. The van der Waals surface area contributed by atoms with Crippen LogP contribution in [0.15, 0.2) is 36.8 Å². The highest BCUT2D eigenvalue weighted by atomic mass is 16.5. The van der Waals surface area contributed by atoms with Gasteiger partial charge in [-0.05, 0) is 50.3 Å². The van der Waals surface area contributed by atoms with E-state index in [1.165, 1.54) is 6.42 Å². The molecule has 0 atom stereocenters. The first-order chi connectivity index (χ1) is 13.2. The van der Waals surface area contributed by atoms with Crippen molar-refractivity contribution in [1.29, 1.82) is 0 Å². The zero-order valence-electron chi connectivity index (χ0n) is 15.1. The van der Waals surface area contributed by atoms with Gasteiger partial charge in [-0.3, -0.25) is 4.98 Å². The Labute approximate surface area is 157 Å². The van der Waals surface area contributed by atoms with Crippen LogP contribution in [-0.4, -0.2) is 38.2 Å². The van der Waals surface area contributed by atoms with E-state index in [4.69, 9.17) is 20.4 Å². The van der Waals surface area contributed by atoms with E-state index in [9.17, 15) is 0 Å².